The molecule has 0 spiro atoms. The molecule has 2 aromatic carbocycles. The summed E-state index contributed by atoms with van der Waals surface area (Å²) in [6, 6.07) is 13.4. The molecule has 0 aliphatic rings. The van der Waals surface area contributed by atoms with E-state index in [2.05, 4.69) is 5.32 Å². The van der Waals surface area contributed by atoms with Crippen LogP contribution in [0.25, 0.3) is 0 Å². The highest BCUT2D eigenvalue weighted by Crippen LogP contribution is 2.21. The predicted octanol–water partition coefficient (Wildman–Crippen LogP) is 2.71. The van der Waals surface area contributed by atoms with E-state index < -0.39 is 28.5 Å². The Hall–Kier alpha value is -3.07. The Morgan fingerprint density at radius 1 is 1.09 bits per heavy atom. The molecule has 0 aromatic heterocycles. The first-order valence-electron chi connectivity index (χ1n) is 10.8. The SMILES string of the molecule is CCNC(=O)C(CC)N(Cc1cccc(OC)c1)C(=O)CN(c1ccc(C)cc1)S(C)(=O)=O. The van der Waals surface area contributed by atoms with Gasteiger partial charge < -0.3 is 15.0 Å². The van der Waals surface area contributed by atoms with E-state index in [-0.39, 0.29) is 12.5 Å². The minimum atomic E-state index is -3.74. The summed E-state index contributed by atoms with van der Waals surface area (Å²) < 4.78 is 31.4. The van der Waals surface area contributed by atoms with Crippen molar-refractivity contribution >= 4 is 27.5 Å². The second-order valence-electron chi connectivity index (χ2n) is 7.80. The van der Waals surface area contributed by atoms with Crippen LogP contribution in [0.3, 0.4) is 0 Å². The maximum atomic E-state index is 13.5. The lowest BCUT2D eigenvalue weighted by atomic mass is 10.1. The Morgan fingerprint density at radius 2 is 1.76 bits per heavy atom. The number of sulfonamides is 1. The van der Waals surface area contributed by atoms with Gasteiger partial charge in [-0.2, -0.15) is 0 Å². The van der Waals surface area contributed by atoms with Crippen LogP contribution >= 0.6 is 0 Å². The molecule has 0 saturated carbocycles. The summed E-state index contributed by atoms with van der Waals surface area (Å²) in [4.78, 5) is 27.7. The van der Waals surface area contributed by atoms with Gasteiger partial charge in [-0.1, -0.05) is 36.8 Å². The van der Waals surface area contributed by atoms with Gasteiger partial charge in [0.25, 0.3) is 0 Å². The molecule has 0 aliphatic heterocycles. The van der Waals surface area contributed by atoms with Crippen molar-refractivity contribution in [3.8, 4) is 5.75 Å². The molecule has 180 valence electrons. The maximum Gasteiger partial charge on any atom is 0.244 e. The molecular weight excluding hydrogens is 442 g/mol. The van der Waals surface area contributed by atoms with Crippen molar-refractivity contribution < 1.29 is 22.7 Å². The maximum absolute atomic E-state index is 13.5. The zero-order valence-corrected chi connectivity index (χ0v) is 20.7. The molecule has 1 atom stereocenters. The van der Waals surface area contributed by atoms with E-state index >= 15 is 0 Å². The van der Waals surface area contributed by atoms with Gasteiger partial charge in [0.15, 0.2) is 0 Å². The molecule has 2 aromatic rings. The van der Waals surface area contributed by atoms with E-state index in [4.69, 9.17) is 4.74 Å². The van der Waals surface area contributed by atoms with Crippen molar-refractivity contribution in [2.75, 3.05) is 30.8 Å². The summed E-state index contributed by atoms with van der Waals surface area (Å²) in [5.41, 5.74) is 2.14. The van der Waals surface area contributed by atoms with Crippen LogP contribution in [-0.2, 0) is 26.2 Å². The lowest BCUT2D eigenvalue weighted by Gasteiger charge is -2.32. The Balaban J connectivity index is 2.43. The van der Waals surface area contributed by atoms with Crippen molar-refractivity contribution in [1.82, 2.24) is 10.2 Å². The minimum Gasteiger partial charge on any atom is -0.497 e. The molecule has 9 heteroatoms. The molecule has 0 aliphatic carbocycles. The van der Waals surface area contributed by atoms with Crippen LogP contribution in [0.2, 0.25) is 0 Å². The summed E-state index contributed by atoms with van der Waals surface area (Å²) in [5.74, 6) is -0.122. The molecule has 2 amide bonds. The third kappa shape index (κ3) is 7.21. The molecule has 0 fully saturated rings. The van der Waals surface area contributed by atoms with Crippen molar-refractivity contribution in [3.63, 3.8) is 0 Å². The number of carbonyl (C=O) groups is 2. The molecular formula is C24H33N3O5S. The molecule has 0 heterocycles. The van der Waals surface area contributed by atoms with Crippen LogP contribution in [-0.4, -0.2) is 57.6 Å². The molecule has 8 nitrogen and oxygen atoms in total. The number of ether oxygens (including phenoxy) is 1. The largest absolute Gasteiger partial charge is 0.497 e. The smallest absolute Gasteiger partial charge is 0.244 e. The van der Waals surface area contributed by atoms with E-state index in [1.807, 2.05) is 26.8 Å². The van der Waals surface area contributed by atoms with Gasteiger partial charge in [-0.25, -0.2) is 8.42 Å². The molecule has 1 N–H and O–H groups in total. The highest BCUT2D eigenvalue weighted by Gasteiger charge is 2.31. The number of hydrogen-bond donors (Lipinski definition) is 1. The first kappa shape index (κ1) is 26.2. The van der Waals surface area contributed by atoms with Crippen LogP contribution in [0.4, 0.5) is 5.69 Å². The number of benzene rings is 2. The number of nitrogens with zero attached hydrogens (tertiary/aromatic N) is 2. The number of anilines is 1. The monoisotopic (exact) mass is 475 g/mol. The highest BCUT2D eigenvalue weighted by atomic mass is 32.2. The summed E-state index contributed by atoms with van der Waals surface area (Å²) >= 11 is 0. The highest BCUT2D eigenvalue weighted by molar-refractivity contribution is 7.92. The van der Waals surface area contributed by atoms with Gasteiger partial charge in [0.05, 0.1) is 19.1 Å². The molecule has 0 saturated heterocycles. The van der Waals surface area contributed by atoms with E-state index in [1.54, 1.807) is 49.6 Å². The van der Waals surface area contributed by atoms with E-state index in [0.29, 0.717) is 24.4 Å². The van der Waals surface area contributed by atoms with Crippen molar-refractivity contribution in [1.29, 1.82) is 0 Å². The number of amides is 2. The molecule has 2 rings (SSSR count). The summed E-state index contributed by atoms with van der Waals surface area (Å²) in [6.45, 7) is 5.67. The number of nitrogens with one attached hydrogen (secondary N) is 1. The quantitative estimate of drug-likeness (QED) is 0.539. The Kier molecular flexibility index (Phi) is 9.28. The van der Waals surface area contributed by atoms with E-state index in [9.17, 15) is 18.0 Å². The fourth-order valence-corrected chi connectivity index (χ4v) is 4.35. The normalized spacial score (nSPS) is 12.0. The predicted molar refractivity (Wildman–Crippen MR) is 130 cm³/mol. The number of rotatable bonds is 11. The number of hydrogen-bond acceptors (Lipinski definition) is 5. The third-order valence-electron chi connectivity index (χ3n) is 5.23. The Morgan fingerprint density at radius 3 is 2.30 bits per heavy atom. The average molecular weight is 476 g/mol. The number of methoxy groups -OCH3 is 1. The zero-order valence-electron chi connectivity index (χ0n) is 19.9. The van der Waals surface area contributed by atoms with E-state index in [1.165, 1.54) is 4.90 Å². The van der Waals surface area contributed by atoms with Gasteiger partial charge in [-0.05, 0) is 50.1 Å². The summed E-state index contributed by atoms with van der Waals surface area (Å²) in [6.07, 6.45) is 1.44. The number of carbonyl (C=O) groups excluding carboxylic acids is 2. The fraction of sp³-hybridized carbons (Fsp3) is 0.417. The fourth-order valence-electron chi connectivity index (χ4n) is 3.50. The molecule has 33 heavy (non-hydrogen) atoms. The summed E-state index contributed by atoms with van der Waals surface area (Å²) in [5, 5.41) is 2.77. The minimum absolute atomic E-state index is 0.136. The van der Waals surface area contributed by atoms with Crippen molar-refractivity contribution in [2.45, 2.75) is 39.8 Å². The van der Waals surface area contributed by atoms with Crippen LogP contribution in [0.1, 0.15) is 31.4 Å². The first-order valence-corrected chi connectivity index (χ1v) is 12.7. The Labute approximate surface area is 196 Å². The van der Waals surface area contributed by atoms with Crippen LogP contribution < -0.4 is 14.4 Å². The van der Waals surface area contributed by atoms with Crippen LogP contribution in [0.15, 0.2) is 48.5 Å². The van der Waals surface area contributed by atoms with Gasteiger partial charge in [-0.15, -0.1) is 0 Å². The standard InChI is InChI=1S/C24H33N3O5S/c1-6-22(24(29)25-7-2)26(16-19-9-8-10-21(15-19)32-4)23(28)17-27(33(5,30)31)20-13-11-18(3)12-14-20/h8-15,22H,6-7,16-17H2,1-5H3,(H,25,29). The van der Waals surface area contributed by atoms with Gasteiger partial charge in [0.2, 0.25) is 21.8 Å². The number of likely N-dealkylation sites (N-methyl/N-ethyl adjacent to an activating group) is 1. The third-order valence-corrected chi connectivity index (χ3v) is 6.37. The Bertz CT molecular complexity index is 1050. The second kappa shape index (κ2) is 11.7. The van der Waals surface area contributed by atoms with Gasteiger partial charge in [-0.3, -0.25) is 13.9 Å². The van der Waals surface area contributed by atoms with Gasteiger partial charge in [0.1, 0.15) is 18.3 Å². The van der Waals surface area contributed by atoms with Gasteiger partial charge in [0, 0.05) is 13.1 Å². The second-order valence-corrected chi connectivity index (χ2v) is 9.70. The summed E-state index contributed by atoms with van der Waals surface area (Å²) in [7, 11) is -2.19. The van der Waals surface area contributed by atoms with Crippen molar-refractivity contribution in [2.24, 2.45) is 0 Å². The topological polar surface area (TPSA) is 96.0 Å². The molecule has 0 bridgehead atoms. The zero-order chi connectivity index (χ0) is 24.6. The van der Waals surface area contributed by atoms with Crippen LogP contribution in [0, 0.1) is 6.92 Å². The van der Waals surface area contributed by atoms with Crippen molar-refractivity contribution in [3.05, 3.63) is 59.7 Å². The average Bonchev–Trinajstić information content (AvgIpc) is 2.77. The van der Waals surface area contributed by atoms with E-state index in [0.717, 1.165) is 21.7 Å². The lowest BCUT2D eigenvalue weighted by Crippen LogP contribution is -2.52. The van der Waals surface area contributed by atoms with Crippen LogP contribution in [0.5, 0.6) is 5.75 Å². The van der Waals surface area contributed by atoms with Gasteiger partial charge >= 0.3 is 0 Å². The first-order chi connectivity index (χ1) is 15.6. The lowest BCUT2D eigenvalue weighted by molar-refractivity contribution is -0.140. The molecule has 0 radical (unpaired) electrons. The molecule has 1 unspecified atom stereocenters. The number of aryl methyl sites for hydroxylation is 1.